The van der Waals surface area contributed by atoms with Crippen LogP contribution in [-0.2, 0) is 42.7 Å². The van der Waals surface area contributed by atoms with E-state index >= 15 is 0 Å². The second kappa shape index (κ2) is 22.6. The van der Waals surface area contributed by atoms with Crippen LogP contribution in [0.2, 0.25) is 0 Å². The topological polar surface area (TPSA) is 54.0 Å². The van der Waals surface area contributed by atoms with E-state index in [0.29, 0.717) is 0 Å². The van der Waals surface area contributed by atoms with Gasteiger partial charge < -0.3 is 9.97 Å². The molecule has 4 heterocycles. The Balaban J connectivity index is 0.00000738. The first-order chi connectivity index (χ1) is 46.1. The van der Waals surface area contributed by atoms with Gasteiger partial charge in [-0.2, -0.15) is 0 Å². The summed E-state index contributed by atoms with van der Waals surface area (Å²) < 4.78 is 0. The van der Waals surface area contributed by atoms with E-state index in [4.69, 9.17) is 19.9 Å². The van der Waals surface area contributed by atoms with Crippen molar-refractivity contribution in [3.05, 3.63) is 265 Å². The summed E-state index contributed by atoms with van der Waals surface area (Å²) in [4.78, 5) is 25.3. The van der Waals surface area contributed by atoms with Crippen molar-refractivity contribution in [3.8, 4) is 89.5 Å². The standard InChI is InChI=1S/C92H76N4.Pt/c1-89(2,3)65-37-29-53(30-38-65)77-81-69-45-57-21-13-15-23-59(57)47-71(69)83(93-81)78(54-31-39-66(40-32-54)90(4,5)6)85-73-49-61-25-17-19-27-63(61)51-75(73)87(95-85)80(56-35-43-68(44-36-56)92(10,11)12)88-76-52-64-28-20-18-26-62(64)50-74(76)86(96-88)79(55-33-41-67(42-34-55)91(7,8)9)84-72-48-60-24-16-14-22-58(60)46-70(72)82(77)94-84;/h13-52H,1-12H3;/q-2;+2. The predicted octanol–water partition coefficient (Wildman–Crippen LogP) is 25.0. The molecule has 0 saturated carbocycles. The Morgan fingerprint density at radius 2 is 0.402 bits per heavy atom. The van der Waals surface area contributed by atoms with Crippen molar-refractivity contribution in [2.24, 2.45) is 0 Å². The largest absolute Gasteiger partial charge is 2.00 e. The fourth-order valence-electron chi connectivity index (χ4n) is 15.1. The molecule has 5 heteroatoms. The van der Waals surface area contributed by atoms with Gasteiger partial charge in [0.25, 0.3) is 0 Å². The zero-order valence-corrected chi connectivity index (χ0v) is 59.5. The van der Waals surface area contributed by atoms with Crippen LogP contribution in [0.15, 0.2) is 243 Å². The Kier molecular flexibility index (Phi) is 14.4. The van der Waals surface area contributed by atoms with Gasteiger partial charge in [0, 0.05) is 22.3 Å². The molecule has 97 heavy (non-hydrogen) atoms. The van der Waals surface area contributed by atoms with Gasteiger partial charge >= 0.3 is 21.1 Å². The number of hydrogen-bond acceptors (Lipinski definition) is 2. The maximum absolute atomic E-state index is 6.33. The summed E-state index contributed by atoms with van der Waals surface area (Å²) in [5.41, 5.74) is 23.6. The number of nitrogens with zero attached hydrogens (tertiary/aromatic N) is 4. The summed E-state index contributed by atoms with van der Waals surface area (Å²) in [5, 5.41) is 13.2. The van der Waals surface area contributed by atoms with Crippen LogP contribution >= 0.6 is 0 Å². The minimum absolute atomic E-state index is 0. The van der Waals surface area contributed by atoms with Crippen LogP contribution in [0.3, 0.4) is 0 Å². The molecule has 0 unspecified atom stereocenters. The molecule has 2 aromatic heterocycles. The second-order valence-electron chi connectivity index (χ2n) is 31.0. The van der Waals surface area contributed by atoms with E-state index in [-0.39, 0.29) is 42.7 Å². The molecule has 474 valence electrons. The third kappa shape index (κ3) is 10.4. The van der Waals surface area contributed by atoms with Gasteiger partial charge in [0.15, 0.2) is 0 Å². The van der Waals surface area contributed by atoms with Crippen LogP contribution in [0.1, 0.15) is 105 Å². The maximum atomic E-state index is 6.33. The molecule has 3 aliphatic rings. The molecule has 12 aromatic carbocycles. The second-order valence-corrected chi connectivity index (χ2v) is 31.0. The first kappa shape index (κ1) is 61.9. The van der Waals surface area contributed by atoms with Crippen molar-refractivity contribution in [2.75, 3.05) is 0 Å². The van der Waals surface area contributed by atoms with Crippen molar-refractivity contribution < 1.29 is 21.1 Å². The van der Waals surface area contributed by atoms with E-state index in [1.165, 1.54) is 22.3 Å². The van der Waals surface area contributed by atoms with Crippen LogP contribution < -0.4 is 9.97 Å². The molecule has 0 spiro atoms. The molecule has 4 nitrogen and oxygen atoms in total. The first-order valence-electron chi connectivity index (χ1n) is 34.0. The normalized spacial score (nSPS) is 12.7. The van der Waals surface area contributed by atoms with Crippen molar-refractivity contribution >= 4 is 86.7 Å². The molecule has 0 saturated heterocycles. The van der Waals surface area contributed by atoms with Crippen LogP contribution in [0.4, 0.5) is 0 Å². The van der Waals surface area contributed by atoms with Crippen LogP contribution in [0.5, 0.6) is 0 Å². The van der Waals surface area contributed by atoms with Crippen LogP contribution in [0, 0.1) is 0 Å². The summed E-state index contributed by atoms with van der Waals surface area (Å²) in [6.45, 7) is 27.5. The Morgan fingerprint density at radius 3 is 0.577 bits per heavy atom. The molecule has 0 fully saturated rings. The molecule has 14 aromatic rings. The number of fused-ring (bicyclic) bond motifs is 4. The number of hydrogen-bond donors (Lipinski definition) is 0. The third-order valence-electron chi connectivity index (χ3n) is 20.5. The minimum Gasteiger partial charge on any atom is -0.656 e. The zero-order chi connectivity index (χ0) is 65.9. The molecule has 2 aliphatic heterocycles. The van der Waals surface area contributed by atoms with Gasteiger partial charge in [-0.15, -0.1) is 22.1 Å². The van der Waals surface area contributed by atoms with Gasteiger partial charge in [-0.05, 0) is 202 Å². The van der Waals surface area contributed by atoms with Crippen molar-refractivity contribution in [1.29, 1.82) is 0 Å². The van der Waals surface area contributed by atoms with Crippen molar-refractivity contribution in [3.63, 3.8) is 0 Å². The fourth-order valence-corrected chi connectivity index (χ4v) is 15.1. The molecule has 0 atom stereocenters. The van der Waals surface area contributed by atoms with Gasteiger partial charge in [0.1, 0.15) is 0 Å². The molecular formula is C92H76N4Pt. The average Bonchev–Trinajstić information content (AvgIpc) is 1.56. The van der Waals surface area contributed by atoms with Gasteiger partial charge in [-0.3, -0.25) is 0 Å². The van der Waals surface area contributed by atoms with E-state index < -0.39 is 0 Å². The summed E-state index contributed by atoms with van der Waals surface area (Å²) in [5.74, 6) is 0. The Labute approximate surface area is 582 Å². The van der Waals surface area contributed by atoms with Crippen LogP contribution in [0.25, 0.3) is 176 Å². The SMILES string of the molecule is CC(C)(C)c1ccc(-c2c3nc(c(-c4ccc(C(C)(C)C)cc4)c4[n-]c(c(-c5ccc(C(C)(C)C)cc5)c5nc(c(-c6ccc(C(C)(C)C)cc6)c6[n-]c2c2cc7ccccc7cc62)-c2cc6ccccc6cc2-5)c2cc5ccccc5cc42)-c2cc4ccccc4cc2-3)cc1.[Pt+2]. The molecular weight excluding hydrogens is 1360 g/mol. The predicted molar refractivity (Wildman–Crippen MR) is 409 cm³/mol. The average molecular weight is 1430 g/mol. The molecule has 0 amide bonds. The summed E-state index contributed by atoms with van der Waals surface area (Å²) in [7, 11) is 0. The van der Waals surface area contributed by atoms with Gasteiger partial charge in [0.2, 0.25) is 0 Å². The van der Waals surface area contributed by atoms with Gasteiger partial charge in [-0.25, -0.2) is 9.97 Å². The minimum atomic E-state index is -0.0939. The number of rotatable bonds is 4. The monoisotopic (exact) mass is 1430 g/mol. The van der Waals surface area contributed by atoms with Crippen LogP contribution in [-0.4, -0.2) is 9.97 Å². The molecule has 0 N–H and O–H groups in total. The Morgan fingerprint density at radius 1 is 0.227 bits per heavy atom. The van der Waals surface area contributed by atoms with E-state index in [9.17, 15) is 0 Å². The van der Waals surface area contributed by atoms with E-state index in [1.54, 1.807) is 0 Å². The molecule has 0 radical (unpaired) electrons. The number of benzene rings is 12. The smallest absolute Gasteiger partial charge is 0.656 e. The maximum Gasteiger partial charge on any atom is 2.00 e. The summed E-state index contributed by atoms with van der Waals surface area (Å²) >= 11 is 0. The number of aromatic nitrogens is 4. The summed E-state index contributed by atoms with van der Waals surface area (Å²) in [6, 6.07) is 91.3. The van der Waals surface area contributed by atoms with Gasteiger partial charge in [0.05, 0.1) is 22.8 Å². The Bertz CT molecular complexity index is 5210. The third-order valence-corrected chi connectivity index (χ3v) is 20.5. The fraction of sp³-hybridized carbons (Fsp3) is 0.174. The quantitative estimate of drug-likeness (QED) is 0.176. The Hall–Kier alpha value is -9.99. The molecule has 8 bridgehead atoms. The van der Waals surface area contributed by atoms with Gasteiger partial charge in [-0.1, -0.05) is 277 Å². The van der Waals surface area contributed by atoms with Crippen molar-refractivity contribution in [2.45, 2.75) is 105 Å². The van der Waals surface area contributed by atoms with E-state index in [0.717, 1.165) is 176 Å². The molecule has 17 rings (SSSR count). The van der Waals surface area contributed by atoms with E-state index in [2.05, 4.69) is 326 Å². The summed E-state index contributed by atoms with van der Waals surface area (Å²) in [6.07, 6.45) is 0. The molecule has 1 aliphatic carbocycles. The first-order valence-corrected chi connectivity index (χ1v) is 34.0. The zero-order valence-electron chi connectivity index (χ0n) is 57.2. The van der Waals surface area contributed by atoms with Crippen molar-refractivity contribution in [1.82, 2.24) is 19.9 Å². The van der Waals surface area contributed by atoms with E-state index in [1.807, 2.05) is 0 Å².